The number of carboxylic acid groups (broad SMARTS) is 1. The van der Waals surface area contributed by atoms with Crippen molar-refractivity contribution in [2.75, 3.05) is 13.1 Å². The summed E-state index contributed by atoms with van der Waals surface area (Å²) in [5.74, 6) is -7.68. The number of hydrogen-bond acceptors (Lipinski definition) is 10. The highest BCUT2D eigenvalue weighted by molar-refractivity contribution is 5.96. The van der Waals surface area contributed by atoms with Crippen LogP contribution in [0.1, 0.15) is 59.3 Å². The van der Waals surface area contributed by atoms with Gasteiger partial charge in [0.05, 0.1) is 19.0 Å². The van der Waals surface area contributed by atoms with Crippen molar-refractivity contribution in [3.05, 3.63) is 0 Å². The normalized spacial score (nSPS) is 14.3. The van der Waals surface area contributed by atoms with E-state index in [0.717, 1.165) is 0 Å². The summed E-state index contributed by atoms with van der Waals surface area (Å²) >= 11 is 0. The van der Waals surface area contributed by atoms with Gasteiger partial charge < -0.3 is 54.6 Å². The first-order chi connectivity index (χ1) is 20.0. The topological polar surface area (TPSA) is 321 Å². The van der Waals surface area contributed by atoms with E-state index in [1.54, 1.807) is 13.8 Å². The van der Waals surface area contributed by atoms with Gasteiger partial charge in [-0.2, -0.15) is 0 Å². The summed E-state index contributed by atoms with van der Waals surface area (Å²) in [7, 11) is 0. The first kappa shape index (κ1) is 38.7. The lowest BCUT2D eigenvalue weighted by atomic mass is 10.0. The number of aliphatic carboxylic acids is 1. The number of unbranched alkanes of at least 4 members (excludes halogenated alkanes) is 1. The van der Waals surface area contributed by atoms with Crippen molar-refractivity contribution >= 4 is 47.3 Å². The minimum absolute atomic E-state index is 0.165. The maximum Gasteiger partial charge on any atom is 0.326 e. The summed E-state index contributed by atoms with van der Waals surface area (Å²) in [4.78, 5) is 96.8. The Bertz CT molecular complexity index is 1020. The van der Waals surface area contributed by atoms with Gasteiger partial charge >= 0.3 is 5.97 Å². The molecule has 0 saturated carbocycles. The smallest absolute Gasteiger partial charge is 0.326 e. The molecule has 0 spiro atoms. The molecule has 18 nitrogen and oxygen atoms in total. The number of carboxylic acids is 1. The van der Waals surface area contributed by atoms with Crippen molar-refractivity contribution in [3.8, 4) is 0 Å². The van der Waals surface area contributed by atoms with Crippen molar-refractivity contribution in [1.82, 2.24) is 26.6 Å². The molecule has 0 aliphatic carbocycles. The van der Waals surface area contributed by atoms with Crippen LogP contribution >= 0.6 is 0 Å². The molecule has 244 valence electrons. The minimum Gasteiger partial charge on any atom is -0.480 e. The fourth-order valence-electron chi connectivity index (χ4n) is 3.60. The van der Waals surface area contributed by atoms with Gasteiger partial charge in [0.2, 0.25) is 41.4 Å². The minimum atomic E-state index is -1.52. The van der Waals surface area contributed by atoms with Crippen LogP contribution in [0.5, 0.6) is 0 Å². The van der Waals surface area contributed by atoms with Crippen molar-refractivity contribution in [1.29, 1.82) is 0 Å². The van der Waals surface area contributed by atoms with Gasteiger partial charge in [-0.3, -0.25) is 33.6 Å². The maximum atomic E-state index is 12.8. The number of nitrogens with one attached hydrogen (secondary N) is 5. The molecule has 0 radical (unpaired) electrons. The Kier molecular flexibility index (Phi) is 17.8. The molecule has 0 bridgehead atoms. The number of primary amides is 2. The third-order valence-electron chi connectivity index (χ3n) is 6.08. The monoisotopic (exact) mass is 615 g/mol. The first-order valence-electron chi connectivity index (χ1n) is 13.7. The summed E-state index contributed by atoms with van der Waals surface area (Å²) in [6.07, 6.45) is 0.502. The molecule has 0 aromatic rings. The van der Waals surface area contributed by atoms with E-state index in [2.05, 4.69) is 26.6 Å². The van der Waals surface area contributed by atoms with Gasteiger partial charge in [-0.05, 0) is 38.6 Å². The van der Waals surface area contributed by atoms with Crippen LogP contribution in [-0.2, 0) is 38.4 Å². The van der Waals surface area contributed by atoms with E-state index >= 15 is 0 Å². The Morgan fingerprint density at radius 2 is 1.33 bits per heavy atom. The second-order valence-corrected chi connectivity index (χ2v) is 10.3. The van der Waals surface area contributed by atoms with Crippen LogP contribution in [0.2, 0.25) is 0 Å². The summed E-state index contributed by atoms with van der Waals surface area (Å²) < 4.78 is 0. The van der Waals surface area contributed by atoms with Gasteiger partial charge in [0.15, 0.2) is 0 Å². The molecule has 0 rings (SSSR count). The molecule has 7 amide bonds. The molecule has 0 unspecified atom stereocenters. The molecule has 0 aliphatic heterocycles. The van der Waals surface area contributed by atoms with E-state index in [9.17, 15) is 43.5 Å². The lowest BCUT2D eigenvalue weighted by Crippen LogP contribution is -2.57. The molecule has 0 saturated heterocycles. The third-order valence-corrected chi connectivity index (χ3v) is 6.08. The van der Waals surface area contributed by atoms with Crippen molar-refractivity contribution in [2.24, 2.45) is 28.9 Å². The van der Waals surface area contributed by atoms with Crippen LogP contribution in [0.25, 0.3) is 0 Å². The van der Waals surface area contributed by atoms with E-state index in [0.29, 0.717) is 25.8 Å². The molecule has 0 heterocycles. The Labute approximate surface area is 249 Å². The summed E-state index contributed by atoms with van der Waals surface area (Å²) in [5, 5.41) is 20.8. The highest BCUT2D eigenvalue weighted by atomic mass is 16.4. The largest absolute Gasteiger partial charge is 0.480 e. The van der Waals surface area contributed by atoms with E-state index in [4.69, 9.17) is 22.9 Å². The molecule has 43 heavy (non-hydrogen) atoms. The summed E-state index contributed by atoms with van der Waals surface area (Å²) in [5.41, 5.74) is 21.6. The second kappa shape index (κ2) is 19.7. The third kappa shape index (κ3) is 16.0. The molecular formula is C25H45N9O9. The summed E-state index contributed by atoms with van der Waals surface area (Å²) in [6, 6.07) is -6.22. The zero-order valence-electron chi connectivity index (χ0n) is 24.6. The average Bonchev–Trinajstić information content (AvgIpc) is 2.90. The van der Waals surface area contributed by atoms with Gasteiger partial charge in [0.25, 0.3) is 0 Å². The van der Waals surface area contributed by atoms with Crippen LogP contribution in [0, 0.1) is 5.92 Å². The molecule has 14 N–H and O–H groups in total. The number of carbonyl (C=O) groups excluding carboxylic acids is 7. The highest BCUT2D eigenvalue weighted by Crippen LogP contribution is 2.04. The molecule has 18 heteroatoms. The predicted molar refractivity (Wildman–Crippen MR) is 152 cm³/mol. The average molecular weight is 616 g/mol. The SMILES string of the molecule is CC(C)[C@H](NC(=O)[C@H](CC(N)=O)NC(=O)CNC(=O)[C@H](C)NC(=O)[C@H](CCC(N)=O)NC(=O)[C@@H](N)CCCCN)C(=O)O. The lowest BCUT2D eigenvalue weighted by molar-refractivity contribution is -0.143. The van der Waals surface area contributed by atoms with Crippen LogP contribution < -0.4 is 49.5 Å². The fourth-order valence-corrected chi connectivity index (χ4v) is 3.60. The van der Waals surface area contributed by atoms with Crippen LogP contribution in [0.4, 0.5) is 0 Å². The zero-order valence-corrected chi connectivity index (χ0v) is 24.6. The molecule has 0 aromatic carbocycles. The van der Waals surface area contributed by atoms with Gasteiger partial charge in [0.1, 0.15) is 24.2 Å². The molecule has 0 aromatic heterocycles. The van der Waals surface area contributed by atoms with Crippen LogP contribution in [0.15, 0.2) is 0 Å². The first-order valence-corrected chi connectivity index (χ1v) is 13.7. The van der Waals surface area contributed by atoms with Gasteiger partial charge in [0, 0.05) is 6.42 Å². The number of carbonyl (C=O) groups is 8. The standard InChI is InChI=1S/C25H45N9O9/c1-12(2)20(25(42)43)34-24(41)16(10-18(29)36)32-19(37)11-30-21(38)13(3)31-23(40)15(7-8-17(28)35)33-22(39)14(27)6-4-5-9-26/h12-16,20H,4-11,26-27H2,1-3H3,(H2,28,35)(H2,29,36)(H,30,38)(H,31,40)(H,32,37)(H,33,39)(H,34,41)(H,42,43)/t13-,14-,15-,16-,20-/m0/s1. The Hall–Kier alpha value is -4.32. The van der Waals surface area contributed by atoms with Gasteiger partial charge in [-0.25, -0.2) is 4.79 Å². The fraction of sp³-hybridized carbons (Fsp3) is 0.680. The Balaban J connectivity index is 5.19. The van der Waals surface area contributed by atoms with Crippen LogP contribution in [0.3, 0.4) is 0 Å². The highest BCUT2D eigenvalue weighted by Gasteiger charge is 2.30. The quantitative estimate of drug-likeness (QED) is 0.0547. The molecule has 5 atom stereocenters. The second-order valence-electron chi connectivity index (χ2n) is 10.3. The number of nitrogens with two attached hydrogens (primary N) is 4. The number of hydrogen-bond donors (Lipinski definition) is 10. The number of rotatable bonds is 21. The van der Waals surface area contributed by atoms with E-state index < -0.39 is 96.4 Å². The van der Waals surface area contributed by atoms with E-state index in [1.807, 2.05) is 0 Å². The number of amides is 7. The van der Waals surface area contributed by atoms with Gasteiger partial charge in [-0.1, -0.05) is 20.3 Å². The lowest BCUT2D eigenvalue weighted by Gasteiger charge is -2.23. The summed E-state index contributed by atoms with van der Waals surface area (Å²) in [6.45, 7) is 4.12. The molecular weight excluding hydrogens is 570 g/mol. The van der Waals surface area contributed by atoms with Crippen LogP contribution in [-0.4, -0.2) is 95.7 Å². The van der Waals surface area contributed by atoms with Crippen molar-refractivity contribution in [3.63, 3.8) is 0 Å². The zero-order chi connectivity index (χ0) is 33.3. The predicted octanol–water partition coefficient (Wildman–Crippen LogP) is -4.60. The van der Waals surface area contributed by atoms with E-state index in [1.165, 1.54) is 6.92 Å². The van der Waals surface area contributed by atoms with Crippen molar-refractivity contribution in [2.45, 2.75) is 89.5 Å². The molecule has 0 fully saturated rings. The van der Waals surface area contributed by atoms with Gasteiger partial charge in [-0.15, -0.1) is 0 Å². The Morgan fingerprint density at radius 1 is 0.721 bits per heavy atom. The van der Waals surface area contributed by atoms with E-state index in [-0.39, 0.29) is 12.8 Å². The van der Waals surface area contributed by atoms with Crippen molar-refractivity contribution < 1.29 is 43.5 Å². The molecule has 0 aliphatic rings. The maximum absolute atomic E-state index is 12.8. The Morgan fingerprint density at radius 3 is 1.84 bits per heavy atom.